The van der Waals surface area contributed by atoms with Crippen molar-refractivity contribution in [2.24, 2.45) is 0 Å². The lowest BCUT2D eigenvalue weighted by molar-refractivity contribution is -0.120. The summed E-state index contributed by atoms with van der Waals surface area (Å²) in [5.41, 5.74) is 0.255. The Kier molecular flexibility index (Phi) is 4.26. The first kappa shape index (κ1) is 13.2. The molecule has 0 fully saturated rings. The first-order valence-electron chi connectivity index (χ1n) is 5.43. The lowest BCUT2D eigenvalue weighted by Crippen LogP contribution is -2.37. The first-order valence-corrected chi connectivity index (χ1v) is 5.43. The largest absolute Gasteiger partial charge is 0.444 e. The maximum atomic E-state index is 11.5. The normalized spacial score (nSPS) is 10.8. The number of imide groups is 1. The van der Waals surface area contributed by atoms with Gasteiger partial charge in [0.2, 0.25) is 5.91 Å². The van der Waals surface area contributed by atoms with Gasteiger partial charge in [0.25, 0.3) is 0 Å². The number of hydrogen-bond donors (Lipinski definition) is 1. The van der Waals surface area contributed by atoms with Crippen molar-refractivity contribution in [1.82, 2.24) is 5.32 Å². The number of nitrogens with one attached hydrogen (secondary N) is 1. The van der Waals surface area contributed by atoms with E-state index in [4.69, 9.17) is 4.74 Å². The van der Waals surface area contributed by atoms with Crippen molar-refractivity contribution in [3.63, 3.8) is 0 Å². The van der Waals surface area contributed by atoms with Gasteiger partial charge in [-0.2, -0.15) is 0 Å². The van der Waals surface area contributed by atoms with E-state index >= 15 is 0 Å². The number of hydrogen-bond acceptors (Lipinski definition) is 3. The highest BCUT2D eigenvalue weighted by Gasteiger charge is 2.17. The van der Waals surface area contributed by atoms with Crippen LogP contribution in [0.15, 0.2) is 30.3 Å². The second-order valence-electron chi connectivity index (χ2n) is 4.71. The van der Waals surface area contributed by atoms with Crippen molar-refractivity contribution >= 4 is 12.0 Å². The van der Waals surface area contributed by atoms with Crippen molar-refractivity contribution in [3.05, 3.63) is 35.9 Å². The molecule has 1 rings (SSSR count). The fourth-order valence-electron chi connectivity index (χ4n) is 1.24. The Balaban J connectivity index is 2.43. The Morgan fingerprint density at radius 3 is 2.29 bits per heavy atom. The molecular formula is C13H17NO3. The molecule has 0 atom stereocenters. The van der Waals surface area contributed by atoms with Crippen LogP contribution in [0.2, 0.25) is 0 Å². The minimum Gasteiger partial charge on any atom is -0.444 e. The SMILES string of the molecule is CC(C)(C)OC(=O)NC(=O)Cc1ccccc1. The molecule has 92 valence electrons. The molecule has 0 aromatic heterocycles. The average molecular weight is 235 g/mol. The summed E-state index contributed by atoms with van der Waals surface area (Å²) in [7, 11) is 0. The fourth-order valence-corrected chi connectivity index (χ4v) is 1.24. The van der Waals surface area contributed by atoms with Gasteiger partial charge in [0.05, 0.1) is 6.42 Å². The van der Waals surface area contributed by atoms with E-state index in [1.807, 2.05) is 30.3 Å². The highest BCUT2D eigenvalue weighted by Crippen LogP contribution is 2.06. The number of ether oxygens (including phenoxy) is 1. The molecule has 0 bridgehead atoms. The van der Waals surface area contributed by atoms with Gasteiger partial charge in [-0.05, 0) is 26.3 Å². The van der Waals surface area contributed by atoms with E-state index in [-0.39, 0.29) is 12.3 Å². The van der Waals surface area contributed by atoms with Gasteiger partial charge in [-0.3, -0.25) is 10.1 Å². The van der Waals surface area contributed by atoms with Crippen molar-refractivity contribution in [2.75, 3.05) is 0 Å². The Bertz CT molecular complexity index is 393. The maximum absolute atomic E-state index is 11.5. The van der Waals surface area contributed by atoms with Crippen LogP contribution in [-0.2, 0) is 16.0 Å². The number of benzene rings is 1. The lowest BCUT2D eigenvalue weighted by atomic mass is 10.1. The third-order valence-corrected chi connectivity index (χ3v) is 1.85. The van der Waals surface area contributed by atoms with Crippen LogP contribution in [0.3, 0.4) is 0 Å². The molecule has 2 amide bonds. The minimum atomic E-state index is -0.710. The quantitative estimate of drug-likeness (QED) is 0.855. The minimum absolute atomic E-state index is 0.167. The monoisotopic (exact) mass is 235 g/mol. The molecule has 0 radical (unpaired) electrons. The van der Waals surface area contributed by atoms with Gasteiger partial charge < -0.3 is 4.74 Å². The Morgan fingerprint density at radius 2 is 1.76 bits per heavy atom. The van der Waals surface area contributed by atoms with Gasteiger partial charge in [0.1, 0.15) is 5.60 Å². The van der Waals surface area contributed by atoms with E-state index in [0.29, 0.717) is 0 Å². The van der Waals surface area contributed by atoms with E-state index < -0.39 is 11.7 Å². The average Bonchev–Trinajstić information content (AvgIpc) is 2.15. The summed E-state index contributed by atoms with van der Waals surface area (Å²) in [5.74, 6) is -0.370. The second-order valence-corrected chi connectivity index (χ2v) is 4.71. The van der Waals surface area contributed by atoms with Gasteiger partial charge in [0, 0.05) is 0 Å². The molecule has 0 spiro atoms. The molecule has 1 N–H and O–H groups in total. The topological polar surface area (TPSA) is 55.4 Å². The summed E-state index contributed by atoms with van der Waals surface area (Å²) in [4.78, 5) is 22.8. The molecule has 0 heterocycles. The molecule has 4 heteroatoms. The molecule has 1 aromatic carbocycles. The van der Waals surface area contributed by atoms with E-state index in [1.54, 1.807) is 20.8 Å². The summed E-state index contributed by atoms with van der Waals surface area (Å²) < 4.78 is 4.98. The van der Waals surface area contributed by atoms with Crippen molar-refractivity contribution in [2.45, 2.75) is 32.8 Å². The standard InChI is InChI=1S/C13H17NO3/c1-13(2,3)17-12(16)14-11(15)9-10-7-5-4-6-8-10/h4-8H,9H2,1-3H3,(H,14,15,16). The summed E-state index contributed by atoms with van der Waals surface area (Å²) >= 11 is 0. The van der Waals surface area contributed by atoms with Crippen LogP contribution in [0, 0.1) is 0 Å². The zero-order valence-electron chi connectivity index (χ0n) is 10.3. The van der Waals surface area contributed by atoms with Crippen molar-refractivity contribution < 1.29 is 14.3 Å². The van der Waals surface area contributed by atoms with Crippen LogP contribution in [0.4, 0.5) is 4.79 Å². The number of rotatable bonds is 2. The summed E-state index contributed by atoms with van der Waals surface area (Å²) in [6, 6.07) is 9.21. The number of alkyl carbamates (subject to hydrolysis) is 1. The third-order valence-electron chi connectivity index (χ3n) is 1.85. The summed E-state index contributed by atoms with van der Waals surface area (Å²) in [6.45, 7) is 5.23. The first-order chi connectivity index (χ1) is 7.87. The fraction of sp³-hybridized carbons (Fsp3) is 0.385. The van der Waals surface area contributed by atoms with E-state index in [2.05, 4.69) is 5.32 Å². The second kappa shape index (κ2) is 5.48. The van der Waals surface area contributed by atoms with E-state index in [9.17, 15) is 9.59 Å². The molecule has 0 aliphatic heterocycles. The zero-order valence-corrected chi connectivity index (χ0v) is 10.3. The van der Waals surface area contributed by atoms with E-state index in [0.717, 1.165) is 5.56 Å². The van der Waals surface area contributed by atoms with Crippen LogP contribution in [0.5, 0.6) is 0 Å². The Hall–Kier alpha value is -1.84. The predicted molar refractivity (Wildman–Crippen MR) is 64.5 cm³/mol. The van der Waals surface area contributed by atoms with E-state index in [1.165, 1.54) is 0 Å². The molecule has 17 heavy (non-hydrogen) atoms. The van der Waals surface area contributed by atoms with Gasteiger partial charge in [-0.15, -0.1) is 0 Å². The van der Waals surface area contributed by atoms with Gasteiger partial charge in [-0.1, -0.05) is 30.3 Å². The number of amides is 2. The Labute approximate surface area is 101 Å². The molecule has 1 aromatic rings. The molecule has 0 saturated carbocycles. The van der Waals surface area contributed by atoms with Crippen molar-refractivity contribution in [1.29, 1.82) is 0 Å². The van der Waals surface area contributed by atoms with Crippen molar-refractivity contribution in [3.8, 4) is 0 Å². The highest BCUT2D eigenvalue weighted by molar-refractivity contribution is 5.92. The molecule has 0 aliphatic rings. The molecule has 0 saturated heterocycles. The third kappa shape index (κ3) is 5.70. The number of carbonyl (C=O) groups excluding carboxylic acids is 2. The van der Waals surface area contributed by atoms with Gasteiger partial charge >= 0.3 is 6.09 Å². The van der Waals surface area contributed by atoms with Crippen LogP contribution in [0.25, 0.3) is 0 Å². The smallest absolute Gasteiger partial charge is 0.414 e. The van der Waals surface area contributed by atoms with Gasteiger partial charge in [-0.25, -0.2) is 4.79 Å². The van der Waals surface area contributed by atoms with Gasteiger partial charge in [0.15, 0.2) is 0 Å². The van der Waals surface area contributed by atoms with Crippen LogP contribution in [0.1, 0.15) is 26.3 Å². The zero-order chi connectivity index (χ0) is 12.9. The molecular weight excluding hydrogens is 218 g/mol. The summed E-state index contributed by atoms with van der Waals surface area (Å²) in [5, 5.41) is 2.18. The van der Waals surface area contributed by atoms with Crippen LogP contribution in [-0.4, -0.2) is 17.6 Å². The molecule has 0 aliphatic carbocycles. The van der Waals surface area contributed by atoms with Crippen LogP contribution < -0.4 is 5.32 Å². The predicted octanol–water partition coefficient (Wildman–Crippen LogP) is 2.28. The molecule has 0 unspecified atom stereocenters. The highest BCUT2D eigenvalue weighted by atomic mass is 16.6. The lowest BCUT2D eigenvalue weighted by Gasteiger charge is -2.19. The number of carbonyl (C=O) groups is 2. The van der Waals surface area contributed by atoms with Crippen LogP contribution >= 0.6 is 0 Å². The Morgan fingerprint density at radius 1 is 1.18 bits per heavy atom. The maximum Gasteiger partial charge on any atom is 0.414 e. The summed E-state index contributed by atoms with van der Waals surface area (Å²) in [6.07, 6.45) is -0.543. The molecule has 4 nitrogen and oxygen atoms in total.